The molecule has 2 aromatic carbocycles. The minimum atomic E-state index is -0.0106. The number of hydrogen-bond acceptors (Lipinski definition) is 4. The molecule has 29 heavy (non-hydrogen) atoms. The molecule has 0 aliphatic heterocycles. The van der Waals surface area contributed by atoms with E-state index in [1.165, 1.54) is 0 Å². The molecule has 7 heteroatoms. The zero-order valence-corrected chi connectivity index (χ0v) is 18.5. The third-order valence-electron chi connectivity index (χ3n) is 4.54. The monoisotopic (exact) mass is 459 g/mol. The van der Waals surface area contributed by atoms with Gasteiger partial charge < -0.3 is 26.5 Å². The van der Waals surface area contributed by atoms with Gasteiger partial charge in [-0.2, -0.15) is 0 Å². The van der Waals surface area contributed by atoms with Gasteiger partial charge in [0.2, 0.25) is 0 Å². The van der Waals surface area contributed by atoms with Gasteiger partial charge >= 0.3 is 5.95 Å². The lowest BCUT2D eigenvalue weighted by molar-refractivity contribution is -0.667. The maximum absolute atomic E-state index is 12.7. The van der Waals surface area contributed by atoms with Crippen LogP contribution >= 0.6 is 0 Å². The third kappa shape index (κ3) is 5.17. The zero-order valence-electron chi connectivity index (χ0n) is 16.9. The van der Waals surface area contributed by atoms with Crippen LogP contribution in [0.3, 0.4) is 0 Å². The molecule has 3 aromatic rings. The molecule has 1 heterocycles. The van der Waals surface area contributed by atoms with Gasteiger partial charge in [-0.05, 0) is 62.4 Å². The number of nitrogens with zero attached hydrogens (tertiary/aromatic N) is 2. The van der Waals surface area contributed by atoms with E-state index in [1.807, 2.05) is 55.9 Å². The summed E-state index contributed by atoms with van der Waals surface area (Å²) in [7, 11) is 1.89. The topological polar surface area (TPSA) is 70.4 Å². The molecule has 0 bridgehead atoms. The molecule has 0 amide bonds. The second-order valence-corrected chi connectivity index (χ2v) is 6.40. The van der Waals surface area contributed by atoms with Gasteiger partial charge in [0.1, 0.15) is 29.9 Å². The predicted octanol–water partition coefficient (Wildman–Crippen LogP) is 0.246. The second-order valence-electron chi connectivity index (χ2n) is 6.40. The van der Waals surface area contributed by atoms with Crippen molar-refractivity contribution in [2.45, 2.75) is 20.4 Å². The molecule has 0 saturated heterocycles. The van der Waals surface area contributed by atoms with Crippen molar-refractivity contribution in [3.8, 4) is 22.8 Å². The first-order valence-electron chi connectivity index (χ1n) is 9.37. The SMILES string of the molecule is CCOc1ccc(C(=O)C[n+]2cc(-c3ccc(OCC)cc3)n(C)c2N)cc1.[Br-]. The van der Waals surface area contributed by atoms with Gasteiger partial charge in [-0.3, -0.25) is 10.5 Å². The average Bonchev–Trinajstić information content (AvgIpc) is 2.98. The van der Waals surface area contributed by atoms with Gasteiger partial charge in [0.25, 0.3) is 0 Å². The number of ketones is 1. The van der Waals surface area contributed by atoms with Crippen LogP contribution in [0.15, 0.2) is 54.7 Å². The molecule has 2 N–H and O–H groups in total. The minimum Gasteiger partial charge on any atom is -1.00 e. The van der Waals surface area contributed by atoms with Crippen LogP contribution in [0.25, 0.3) is 11.3 Å². The van der Waals surface area contributed by atoms with Crippen molar-refractivity contribution in [3.05, 3.63) is 60.3 Å². The highest BCUT2D eigenvalue weighted by Crippen LogP contribution is 2.23. The number of nitrogens with two attached hydrogens (primary N) is 1. The summed E-state index contributed by atoms with van der Waals surface area (Å²) in [6.07, 6.45) is 1.90. The molecule has 0 atom stereocenters. The fourth-order valence-corrected chi connectivity index (χ4v) is 3.05. The van der Waals surface area contributed by atoms with Crippen molar-refractivity contribution in [3.63, 3.8) is 0 Å². The number of Topliss-reactive ketones (excluding diaryl/α,β-unsaturated/α-hetero) is 1. The number of carbonyl (C=O) groups excluding carboxylic acids is 1. The van der Waals surface area contributed by atoms with Crippen LogP contribution < -0.4 is 36.8 Å². The number of nitrogen functional groups attached to an aromatic ring is 1. The van der Waals surface area contributed by atoms with E-state index < -0.39 is 0 Å². The van der Waals surface area contributed by atoms with E-state index >= 15 is 0 Å². The molecule has 0 aliphatic rings. The van der Waals surface area contributed by atoms with E-state index in [0.29, 0.717) is 24.7 Å². The number of ether oxygens (including phenoxy) is 2. The maximum atomic E-state index is 12.7. The molecule has 3 rings (SSSR count). The predicted molar refractivity (Wildman–Crippen MR) is 109 cm³/mol. The number of carbonyl (C=O) groups is 1. The number of halogens is 1. The first-order chi connectivity index (χ1) is 13.5. The van der Waals surface area contributed by atoms with E-state index in [0.717, 1.165) is 22.8 Å². The van der Waals surface area contributed by atoms with Crippen LogP contribution in [0, 0.1) is 0 Å². The molecular weight excluding hydrogens is 434 g/mol. The van der Waals surface area contributed by atoms with Gasteiger partial charge in [-0.15, -0.1) is 0 Å². The van der Waals surface area contributed by atoms with Crippen LogP contribution in [0.1, 0.15) is 24.2 Å². The standard InChI is InChI=1S/C22H25N3O3.BrH/c1-4-27-18-10-6-16(7-11-18)20-14-25(22(23)24(20)3)15-21(26)17-8-12-19(13-9-17)28-5-2;/h6-14,23H,4-5,15H2,1-3H3;1H. The Kier molecular flexibility index (Phi) is 7.84. The first-order valence-corrected chi connectivity index (χ1v) is 9.37. The Morgan fingerprint density at radius 3 is 2.00 bits per heavy atom. The lowest BCUT2D eigenvalue weighted by atomic mass is 10.1. The largest absolute Gasteiger partial charge is 1.00 e. The summed E-state index contributed by atoms with van der Waals surface area (Å²) < 4.78 is 14.6. The second kappa shape index (κ2) is 10.1. The number of rotatable bonds is 8. The van der Waals surface area contributed by atoms with Crippen LogP contribution in [0.5, 0.6) is 11.5 Å². The summed E-state index contributed by atoms with van der Waals surface area (Å²) in [6, 6.07) is 15.0. The van der Waals surface area contributed by atoms with Gasteiger partial charge in [0.15, 0.2) is 5.78 Å². The highest BCUT2D eigenvalue weighted by molar-refractivity contribution is 5.95. The molecule has 0 fully saturated rings. The van der Waals surface area contributed by atoms with E-state index in [-0.39, 0.29) is 29.3 Å². The van der Waals surface area contributed by atoms with Crippen molar-refractivity contribution < 1.29 is 35.8 Å². The lowest BCUT2D eigenvalue weighted by Gasteiger charge is -2.04. The normalized spacial score (nSPS) is 10.3. The summed E-state index contributed by atoms with van der Waals surface area (Å²) in [6.45, 7) is 5.28. The molecule has 0 radical (unpaired) electrons. The first kappa shape index (κ1) is 22.5. The van der Waals surface area contributed by atoms with Crippen molar-refractivity contribution >= 4 is 11.7 Å². The summed E-state index contributed by atoms with van der Waals surface area (Å²) in [5.74, 6) is 2.09. The quantitative estimate of drug-likeness (QED) is 0.387. The molecule has 0 saturated carbocycles. The van der Waals surface area contributed by atoms with Gasteiger partial charge in [-0.1, -0.05) is 0 Å². The van der Waals surface area contributed by atoms with Gasteiger partial charge in [0.05, 0.1) is 20.3 Å². The van der Waals surface area contributed by atoms with E-state index in [1.54, 1.807) is 28.8 Å². The van der Waals surface area contributed by atoms with Crippen LogP contribution in [0.2, 0.25) is 0 Å². The van der Waals surface area contributed by atoms with Crippen molar-refractivity contribution in [1.82, 2.24) is 4.57 Å². The highest BCUT2D eigenvalue weighted by Gasteiger charge is 2.20. The number of benzene rings is 2. The Labute approximate surface area is 181 Å². The van der Waals surface area contributed by atoms with Gasteiger partial charge in [0, 0.05) is 11.1 Å². The van der Waals surface area contributed by atoms with Crippen molar-refractivity contribution in [1.29, 1.82) is 0 Å². The molecule has 6 nitrogen and oxygen atoms in total. The fourth-order valence-electron chi connectivity index (χ4n) is 3.05. The molecule has 0 aliphatic carbocycles. The Morgan fingerprint density at radius 2 is 1.48 bits per heavy atom. The Balaban J connectivity index is 0.00000300. The van der Waals surface area contributed by atoms with E-state index in [4.69, 9.17) is 15.2 Å². The summed E-state index contributed by atoms with van der Waals surface area (Å²) in [5, 5.41) is 0. The Morgan fingerprint density at radius 1 is 0.966 bits per heavy atom. The summed E-state index contributed by atoms with van der Waals surface area (Å²) >= 11 is 0. The lowest BCUT2D eigenvalue weighted by Crippen LogP contribution is -3.00. The van der Waals surface area contributed by atoms with E-state index in [2.05, 4.69) is 0 Å². The van der Waals surface area contributed by atoms with Crippen LogP contribution in [0.4, 0.5) is 5.95 Å². The molecule has 0 unspecified atom stereocenters. The van der Waals surface area contributed by atoms with E-state index in [9.17, 15) is 4.79 Å². The molecule has 0 spiro atoms. The summed E-state index contributed by atoms with van der Waals surface area (Å²) in [4.78, 5) is 12.7. The zero-order chi connectivity index (χ0) is 20.1. The number of imidazole rings is 1. The van der Waals surface area contributed by atoms with Crippen LogP contribution in [-0.4, -0.2) is 23.6 Å². The van der Waals surface area contributed by atoms with Crippen molar-refractivity contribution in [2.24, 2.45) is 7.05 Å². The Bertz CT molecular complexity index is 951. The van der Waals surface area contributed by atoms with Crippen molar-refractivity contribution in [2.75, 3.05) is 18.9 Å². The minimum absolute atomic E-state index is 0. The number of hydrogen-bond donors (Lipinski definition) is 1. The number of aromatic nitrogens is 2. The number of anilines is 1. The Hall–Kier alpha value is -2.80. The molecular formula is C22H26BrN3O3. The maximum Gasteiger partial charge on any atom is 0.355 e. The molecule has 154 valence electrons. The fraction of sp³-hybridized carbons (Fsp3) is 0.273. The average molecular weight is 460 g/mol. The summed E-state index contributed by atoms with van der Waals surface area (Å²) in [5.41, 5.74) is 8.80. The third-order valence-corrected chi connectivity index (χ3v) is 4.54. The molecule has 1 aromatic heterocycles. The highest BCUT2D eigenvalue weighted by atomic mass is 79.9. The van der Waals surface area contributed by atoms with Crippen LogP contribution in [-0.2, 0) is 13.6 Å². The van der Waals surface area contributed by atoms with Gasteiger partial charge in [-0.25, -0.2) is 9.13 Å². The smallest absolute Gasteiger partial charge is 0.355 e.